The summed E-state index contributed by atoms with van der Waals surface area (Å²) in [6.45, 7) is 4.23. The van der Waals surface area contributed by atoms with Crippen LogP contribution in [0.15, 0.2) is 34.9 Å². The van der Waals surface area contributed by atoms with Crippen molar-refractivity contribution in [2.45, 2.75) is 38.8 Å². The molecule has 2 heterocycles. The van der Waals surface area contributed by atoms with E-state index in [0.29, 0.717) is 23.6 Å². The summed E-state index contributed by atoms with van der Waals surface area (Å²) in [6, 6.07) is 10.8. The third kappa shape index (κ3) is 3.11. The molecule has 0 aliphatic carbocycles. The molecule has 1 amide bonds. The van der Waals surface area contributed by atoms with Gasteiger partial charge in [-0.05, 0) is 38.8 Å². The number of aromatic nitrogens is 1. The second-order valence-corrected chi connectivity index (χ2v) is 5.93. The first-order chi connectivity index (χ1) is 11.6. The number of benzene rings is 1. The highest BCUT2D eigenvalue weighted by molar-refractivity contribution is 5.81. The summed E-state index contributed by atoms with van der Waals surface area (Å²) in [4.78, 5) is 14.6. The van der Waals surface area contributed by atoms with Crippen LogP contribution in [0.4, 0.5) is 0 Å². The minimum Gasteiger partial charge on any atom is -0.480 e. The van der Waals surface area contributed by atoms with Gasteiger partial charge in [-0.25, -0.2) is 0 Å². The molecule has 1 saturated heterocycles. The third-order valence-electron chi connectivity index (χ3n) is 4.17. The normalized spacial score (nSPS) is 18.2. The number of hydrogen-bond acceptors (Lipinski definition) is 5. The van der Waals surface area contributed by atoms with Crippen molar-refractivity contribution in [3.05, 3.63) is 47.3 Å². The monoisotopic (exact) mass is 325 g/mol. The largest absolute Gasteiger partial charge is 0.480 e. The van der Waals surface area contributed by atoms with Gasteiger partial charge in [-0.2, -0.15) is 5.26 Å². The summed E-state index contributed by atoms with van der Waals surface area (Å²) in [6.07, 6.45) is 1.09. The van der Waals surface area contributed by atoms with E-state index in [0.717, 1.165) is 18.5 Å². The number of aryl methyl sites for hydroxylation is 1. The van der Waals surface area contributed by atoms with E-state index >= 15 is 0 Å². The van der Waals surface area contributed by atoms with E-state index in [9.17, 15) is 4.79 Å². The van der Waals surface area contributed by atoms with Crippen LogP contribution in [0.1, 0.15) is 42.8 Å². The zero-order valence-corrected chi connectivity index (χ0v) is 13.7. The number of ether oxygens (including phenoxy) is 1. The first-order valence-corrected chi connectivity index (χ1v) is 7.99. The average Bonchev–Trinajstić information content (AvgIpc) is 3.23. The van der Waals surface area contributed by atoms with E-state index in [1.54, 1.807) is 36.1 Å². The predicted molar refractivity (Wildman–Crippen MR) is 86.2 cm³/mol. The molecule has 0 saturated carbocycles. The number of nitrogens with zero attached hydrogens (tertiary/aromatic N) is 3. The molecule has 3 rings (SSSR count). The van der Waals surface area contributed by atoms with Crippen LogP contribution in [0.3, 0.4) is 0 Å². The standard InChI is InChI=1S/C18H19N3O3/c1-12-10-17(24-20-12)15-7-5-9-21(15)18(22)13(2)23-16-8-4-3-6-14(16)11-19/h3-4,6,8,10,13,15H,5,7,9H2,1-2H3/t13-,15+/m1/s1. The SMILES string of the molecule is Cc1cc([C@@H]2CCCN2C(=O)[C@@H](C)Oc2ccccc2C#N)on1. The maximum Gasteiger partial charge on any atom is 0.263 e. The lowest BCUT2D eigenvalue weighted by Gasteiger charge is -2.26. The molecule has 1 aromatic heterocycles. The highest BCUT2D eigenvalue weighted by Crippen LogP contribution is 2.33. The Morgan fingerprint density at radius 3 is 3.00 bits per heavy atom. The zero-order valence-electron chi connectivity index (χ0n) is 13.7. The molecule has 1 aliphatic rings. The number of rotatable bonds is 4. The summed E-state index contributed by atoms with van der Waals surface area (Å²) in [5, 5.41) is 13.0. The van der Waals surface area contributed by atoms with Crippen molar-refractivity contribution < 1.29 is 14.1 Å². The molecular formula is C18H19N3O3. The summed E-state index contributed by atoms with van der Waals surface area (Å²) in [5.41, 5.74) is 1.22. The Hall–Kier alpha value is -2.81. The van der Waals surface area contributed by atoms with E-state index in [2.05, 4.69) is 11.2 Å². The second-order valence-electron chi connectivity index (χ2n) is 5.93. The molecule has 24 heavy (non-hydrogen) atoms. The van der Waals surface area contributed by atoms with Gasteiger partial charge in [0.1, 0.15) is 11.8 Å². The molecule has 124 valence electrons. The Kier molecular flexibility index (Phi) is 4.52. The predicted octanol–water partition coefficient (Wildman–Crippen LogP) is 2.99. The van der Waals surface area contributed by atoms with Crippen molar-refractivity contribution in [1.29, 1.82) is 5.26 Å². The Labute approximate surface area is 140 Å². The highest BCUT2D eigenvalue weighted by Gasteiger charge is 2.35. The van der Waals surface area contributed by atoms with E-state index in [1.165, 1.54) is 0 Å². The minimum absolute atomic E-state index is 0.101. The third-order valence-corrected chi connectivity index (χ3v) is 4.17. The molecule has 1 fully saturated rings. The Morgan fingerprint density at radius 1 is 1.50 bits per heavy atom. The fourth-order valence-corrected chi connectivity index (χ4v) is 3.00. The number of para-hydroxylation sites is 1. The topological polar surface area (TPSA) is 79.4 Å². The molecule has 2 aromatic rings. The van der Waals surface area contributed by atoms with Gasteiger partial charge in [0.05, 0.1) is 17.3 Å². The Balaban J connectivity index is 1.74. The summed E-state index contributed by atoms with van der Waals surface area (Å²) in [7, 11) is 0. The number of amides is 1. The lowest BCUT2D eigenvalue weighted by atomic mass is 10.1. The summed E-state index contributed by atoms with van der Waals surface area (Å²) in [5.74, 6) is 1.02. The molecule has 0 spiro atoms. The maximum absolute atomic E-state index is 12.8. The van der Waals surface area contributed by atoms with E-state index in [1.807, 2.05) is 13.0 Å². The molecule has 0 bridgehead atoms. The highest BCUT2D eigenvalue weighted by atomic mass is 16.5. The molecule has 1 aliphatic heterocycles. The van der Waals surface area contributed by atoms with Gasteiger partial charge >= 0.3 is 0 Å². The average molecular weight is 325 g/mol. The summed E-state index contributed by atoms with van der Waals surface area (Å²) >= 11 is 0. The van der Waals surface area contributed by atoms with Gasteiger partial charge in [-0.3, -0.25) is 4.79 Å². The molecular weight excluding hydrogens is 306 g/mol. The fourth-order valence-electron chi connectivity index (χ4n) is 3.00. The molecule has 1 aromatic carbocycles. The van der Waals surface area contributed by atoms with Crippen LogP contribution in [0.5, 0.6) is 5.75 Å². The first kappa shape index (κ1) is 16.1. The quantitative estimate of drug-likeness (QED) is 0.863. The number of nitriles is 1. The maximum atomic E-state index is 12.8. The van der Waals surface area contributed by atoms with Crippen LogP contribution < -0.4 is 4.74 Å². The van der Waals surface area contributed by atoms with Crippen LogP contribution in [-0.2, 0) is 4.79 Å². The van der Waals surface area contributed by atoms with Crippen molar-refractivity contribution >= 4 is 5.91 Å². The second kappa shape index (κ2) is 6.75. The summed E-state index contributed by atoms with van der Waals surface area (Å²) < 4.78 is 11.1. The van der Waals surface area contributed by atoms with E-state index in [4.69, 9.17) is 14.5 Å². The number of carbonyl (C=O) groups is 1. The van der Waals surface area contributed by atoms with Crippen LogP contribution in [0, 0.1) is 18.3 Å². The van der Waals surface area contributed by atoms with Gasteiger partial charge in [-0.1, -0.05) is 17.3 Å². The lowest BCUT2D eigenvalue weighted by Crippen LogP contribution is -2.40. The van der Waals surface area contributed by atoms with Gasteiger partial charge in [0, 0.05) is 12.6 Å². The Bertz CT molecular complexity index is 778. The van der Waals surface area contributed by atoms with E-state index in [-0.39, 0.29) is 11.9 Å². The van der Waals surface area contributed by atoms with Crippen molar-refractivity contribution in [2.24, 2.45) is 0 Å². The Morgan fingerprint density at radius 2 is 2.29 bits per heavy atom. The van der Waals surface area contributed by atoms with Crippen molar-refractivity contribution in [3.63, 3.8) is 0 Å². The van der Waals surface area contributed by atoms with Gasteiger partial charge in [-0.15, -0.1) is 0 Å². The fraction of sp³-hybridized carbons (Fsp3) is 0.389. The lowest BCUT2D eigenvalue weighted by molar-refractivity contribution is -0.139. The van der Waals surface area contributed by atoms with Crippen molar-refractivity contribution in [2.75, 3.05) is 6.54 Å². The van der Waals surface area contributed by atoms with Gasteiger partial charge in [0.15, 0.2) is 11.9 Å². The van der Waals surface area contributed by atoms with Crippen molar-refractivity contribution in [3.8, 4) is 11.8 Å². The van der Waals surface area contributed by atoms with Crippen LogP contribution in [0.2, 0.25) is 0 Å². The minimum atomic E-state index is -0.677. The molecule has 0 unspecified atom stereocenters. The van der Waals surface area contributed by atoms with Gasteiger partial charge in [0.25, 0.3) is 5.91 Å². The molecule has 0 N–H and O–H groups in total. The molecule has 6 heteroatoms. The molecule has 6 nitrogen and oxygen atoms in total. The number of hydrogen-bond donors (Lipinski definition) is 0. The smallest absolute Gasteiger partial charge is 0.263 e. The van der Waals surface area contributed by atoms with Crippen LogP contribution in [0.25, 0.3) is 0 Å². The van der Waals surface area contributed by atoms with Crippen molar-refractivity contribution in [1.82, 2.24) is 10.1 Å². The van der Waals surface area contributed by atoms with Gasteiger partial charge in [0.2, 0.25) is 0 Å². The van der Waals surface area contributed by atoms with Crippen LogP contribution in [-0.4, -0.2) is 28.6 Å². The van der Waals surface area contributed by atoms with E-state index < -0.39 is 6.10 Å². The number of carbonyl (C=O) groups excluding carboxylic acids is 1. The van der Waals surface area contributed by atoms with Crippen LogP contribution >= 0.6 is 0 Å². The molecule has 2 atom stereocenters. The zero-order chi connectivity index (χ0) is 17.1. The van der Waals surface area contributed by atoms with Gasteiger partial charge < -0.3 is 14.2 Å². The number of likely N-dealkylation sites (tertiary alicyclic amines) is 1. The molecule has 0 radical (unpaired) electrons. The first-order valence-electron chi connectivity index (χ1n) is 7.99.